The highest BCUT2D eigenvalue weighted by atomic mass is 19.2. The number of rotatable bonds is 2. The maximum Gasteiger partial charge on any atom is 0.259 e. The van der Waals surface area contributed by atoms with Crippen molar-refractivity contribution in [2.75, 3.05) is 5.32 Å². The molecular formula is C12H11F2N3O. The van der Waals surface area contributed by atoms with Crippen LogP contribution in [0.15, 0.2) is 18.2 Å². The molecule has 2 aromatic rings. The summed E-state index contributed by atoms with van der Waals surface area (Å²) in [7, 11) is 0. The Kier molecular flexibility index (Phi) is 3.10. The number of aromatic amines is 1. The first kappa shape index (κ1) is 12.2. The number of hydrogen-bond acceptors (Lipinski definition) is 2. The number of nitrogens with one attached hydrogen (secondary N) is 2. The number of aromatic nitrogens is 2. The molecule has 0 atom stereocenters. The third-order valence-electron chi connectivity index (χ3n) is 2.55. The number of carbonyl (C=O) groups is 1. The molecule has 0 bridgehead atoms. The van der Waals surface area contributed by atoms with E-state index in [1.807, 2.05) is 0 Å². The van der Waals surface area contributed by atoms with E-state index in [1.54, 1.807) is 13.8 Å². The zero-order chi connectivity index (χ0) is 13.3. The van der Waals surface area contributed by atoms with E-state index < -0.39 is 17.5 Å². The van der Waals surface area contributed by atoms with E-state index in [0.717, 1.165) is 6.07 Å². The van der Waals surface area contributed by atoms with Crippen molar-refractivity contribution in [1.82, 2.24) is 10.2 Å². The van der Waals surface area contributed by atoms with Gasteiger partial charge in [-0.25, -0.2) is 8.78 Å². The van der Waals surface area contributed by atoms with Crippen LogP contribution >= 0.6 is 0 Å². The molecular weight excluding hydrogens is 240 g/mol. The molecule has 2 rings (SSSR count). The minimum Gasteiger partial charge on any atom is -0.319 e. The summed E-state index contributed by atoms with van der Waals surface area (Å²) in [6, 6.07) is 3.60. The first-order chi connectivity index (χ1) is 8.50. The van der Waals surface area contributed by atoms with Crippen molar-refractivity contribution >= 4 is 11.6 Å². The molecule has 94 valence electrons. The van der Waals surface area contributed by atoms with Gasteiger partial charge in [0.1, 0.15) is 0 Å². The summed E-state index contributed by atoms with van der Waals surface area (Å²) in [6.07, 6.45) is 0. The summed E-state index contributed by atoms with van der Waals surface area (Å²) in [5.74, 6) is -2.61. The van der Waals surface area contributed by atoms with Crippen LogP contribution in [0.25, 0.3) is 0 Å². The number of benzene rings is 1. The zero-order valence-electron chi connectivity index (χ0n) is 9.84. The third-order valence-corrected chi connectivity index (χ3v) is 2.55. The zero-order valence-corrected chi connectivity index (χ0v) is 9.84. The number of anilines is 1. The van der Waals surface area contributed by atoms with Crippen LogP contribution < -0.4 is 5.32 Å². The normalized spacial score (nSPS) is 10.4. The predicted molar refractivity (Wildman–Crippen MR) is 62.4 cm³/mol. The van der Waals surface area contributed by atoms with Crippen LogP contribution in [0.4, 0.5) is 14.5 Å². The Morgan fingerprint density at radius 2 is 2.06 bits per heavy atom. The van der Waals surface area contributed by atoms with Gasteiger partial charge in [0.25, 0.3) is 5.91 Å². The molecule has 2 N–H and O–H groups in total. The molecule has 18 heavy (non-hydrogen) atoms. The van der Waals surface area contributed by atoms with Crippen molar-refractivity contribution in [3.8, 4) is 0 Å². The van der Waals surface area contributed by atoms with E-state index in [9.17, 15) is 13.6 Å². The van der Waals surface area contributed by atoms with E-state index in [0.29, 0.717) is 17.0 Å². The number of carbonyl (C=O) groups excluding carboxylic acids is 1. The van der Waals surface area contributed by atoms with Gasteiger partial charge in [-0.3, -0.25) is 9.89 Å². The Bertz CT molecular complexity index is 588. The highest BCUT2D eigenvalue weighted by molar-refractivity contribution is 6.05. The van der Waals surface area contributed by atoms with Gasteiger partial charge in [-0.2, -0.15) is 5.10 Å². The molecule has 1 amide bonds. The van der Waals surface area contributed by atoms with Crippen LogP contribution in [0.2, 0.25) is 0 Å². The second-order valence-corrected chi connectivity index (χ2v) is 3.86. The molecule has 0 saturated carbocycles. The summed E-state index contributed by atoms with van der Waals surface area (Å²) in [6.45, 7) is 3.33. The van der Waals surface area contributed by atoms with Gasteiger partial charge in [-0.05, 0) is 26.0 Å². The molecule has 0 fully saturated rings. The predicted octanol–water partition coefficient (Wildman–Crippen LogP) is 2.56. The summed E-state index contributed by atoms with van der Waals surface area (Å²) in [5.41, 5.74) is 1.21. The molecule has 4 nitrogen and oxygen atoms in total. The maximum absolute atomic E-state index is 13.4. The fourth-order valence-electron chi connectivity index (χ4n) is 1.67. The van der Waals surface area contributed by atoms with Gasteiger partial charge in [-0.15, -0.1) is 0 Å². The number of H-pyrrole nitrogens is 1. The Hall–Kier alpha value is -2.24. The quantitative estimate of drug-likeness (QED) is 0.861. The van der Waals surface area contributed by atoms with Gasteiger partial charge in [-0.1, -0.05) is 6.07 Å². The molecule has 0 unspecified atom stereocenters. The highest BCUT2D eigenvalue weighted by Gasteiger charge is 2.17. The number of halogens is 2. The van der Waals surface area contributed by atoms with Crippen LogP contribution in [0.5, 0.6) is 0 Å². The molecule has 1 aromatic heterocycles. The lowest BCUT2D eigenvalue weighted by molar-refractivity contribution is 0.102. The smallest absolute Gasteiger partial charge is 0.259 e. The van der Waals surface area contributed by atoms with Crippen LogP contribution in [0, 0.1) is 25.5 Å². The van der Waals surface area contributed by atoms with Crippen LogP contribution in [0.1, 0.15) is 21.7 Å². The Morgan fingerprint density at radius 1 is 1.33 bits per heavy atom. The van der Waals surface area contributed by atoms with Gasteiger partial charge >= 0.3 is 0 Å². The third kappa shape index (κ3) is 2.09. The van der Waals surface area contributed by atoms with Crippen molar-refractivity contribution < 1.29 is 13.6 Å². The van der Waals surface area contributed by atoms with E-state index in [1.165, 1.54) is 12.1 Å². The summed E-state index contributed by atoms with van der Waals surface area (Å²) in [5, 5.41) is 8.84. The minimum absolute atomic E-state index is 0.194. The summed E-state index contributed by atoms with van der Waals surface area (Å²) >= 11 is 0. The van der Waals surface area contributed by atoms with Gasteiger partial charge in [0.15, 0.2) is 11.6 Å². The highest BCUT2D eigenvalue weighted by Crippen LogP contribution is 2.18. The minimum atomic E-state index is -1.08. The largest absolute Gasteiger partial charge is 0.319 e. The first-order valence-corrected chi connectivity index (χ1v) is 5.27. The van der Waals surface area contributed by atoms with Crippen molar-refractivity contribution in [1.29, 1.82) is 0 Å². The Morgan fingerprint density at radius 3 is 2.67 bits per heavy atom. The molecule has 0 aliphatic heterocycles. The summed E-state index contributed by atoms with van der Waals surface area (Å²) < 4.78 is 26.4. The monoisotopic (exact) mass is 251 g/mol. The molecule has 0 radical (unpaired) electrons. The molecule has 1 aromatic carbocycles. The Labute approximate surface area is 102 Å². The number of hydrogen-bond donors (Lipinski definition) is 2. The van der Waals surface area contributed by atoms with E-state index in [-0.39, 0.29) is 5.69 Å². The van der Waals surface area contributed by atoms with Gasteiger partial charge in [0.2, 0.25) is 0 Å². The fraction of sp³-hybridized carbons (Fsp3) is 0.167. The lowest BCUT2D eigenvalue weighted by atomic mass is 10.2. The lowest BCUT2D eigenvalue weighted by Gasteiger charge is -2.06. The van der Waals surface area contributed by atoms with Crippen molar-refractivity contribution in [3.05, 3.63) is 46.8 Å². The number of aryl methyl sites for hydroxylation is 2. The molecule has 0 saturated heterocycles. The lowest BCUT2D eigenvalue weighted by Crippen LogP contribution is -2.15. The maximum atomic E-state index is 13.4. The first-order valence-electron chi connectivity index (χ1n) is 5.27. The van der Waals surface area contributed by atoms with E-state index in [4.69, 9.17) is 0 Å². The van der Waals surface area contributed by atoms with Gasteiger partial charge in [0, 0.05) is 5.69 Å². The standard InChI is InChI=1S/C12H11F2N3O/c1-6-10(7(2)17-16-6)12(18)15-9-5-3-4-8(13)11(9)14/h3-5H,1-2H3,(H,15,18)(H,16,17). The number of amides is 1. The molecule has 0 aliphatic rings. The molecule has 0 spiro atoms. The van der Waals surface area contributed by atoms with Crippen molar-refractivity contribution in [3.63, 3.8) is 0 Å². The van der Waals surface area contributed by atoms with Crippen LogP contribution in [-0.4, -0.2) is 16.1 Å². The fourth-order valence-corrected chi connectivity index (χ4v) is 1.67. The van der Waals surface area contributed by atoms with Gasteiger partial charge < -0.3 is 5.32 Å². The molecule has 0 aliphatic carbocycles. The van der Waals surface area contributed by atoms with Crippen LogP contribution in [-0.2, 0) is 0 Å². The van der Waals surface area contributed by atoms with E-state index >= 15 is 0 Å². The average Bonchev–Trinajstić information content (AvgIpc) is 2.65. The second-order valence-electron chi connectivity index (χ2n) is 3.86. The Balaban J connectivity index is 2.30. The van der Waals surface area contributed by atoms with Crippen molar-refractivity contribution in [2.24, 2.45) is 0 Å². The summed E-state index contributed by atoms with van der Waals surface area (Å²) in [4.78, 5) is 11.9. The van der Waals surface area contributed by atoms with Crippen LogP contribution in [0.3, 0.4) is 0 Å². The SMILES string of the molecule is Cc1n[nH]c(C)c1C(=O)Nc1cccc(F)c1F. The average molecular weight is 251 g/mol. The van der Waals surface area contributed by atoms with Crippen molar-refractivity contribution in [2.45, 2.75) is 13.8 Å². The topological polar surface area (TPSA) is 57.8 Å². The number of nitrogens with zero attached hydrogens (tertiary/aromatic N) is 1. The van der Waals surface area contributed by atoms with E-state index in [2.05, 4.69) is 15.5 Å². The van der Waals surface area contributed by atoms with Gasteiger partial charge in [0.05, 0.1) is 16.9 Å². The molecule has 6 heteroatoms. The second kappa shape index (κ2) is 4.56. The molecule has 1 heterocycles.